The Morgan fingerprint density at radius 3 is 2.74 bits per heavy atom. The zero-order valence-corrected chi connectivity index (χ0v) is 14.2. The molecule has 1 amide bonds. The van der Waals surface area contributed by atoms with E-state index in [0.29, 0.717) is 24.3 Å². The van der Waals surface area contributed by atoms with Crippen LogP contribution in [0.5, 0.6) is 0 Å². The van der Waals surface area contributed by atoms with Crippen molar-refractivity contribution in [3.05, 3.63) is 35.6 Å². The SMILES string of the molecule is COCc1c(C(=O)N2CC(C)C(N(C)C)C2)oc2ccccc12. The highest BCUT2D eigenvalue weighted by atomic mass is 16.5. The van der Waals surface area contributed by atoms with Crippen molar-refractivity contribution >= 4 is 16.9 Å². The van der Waals surface area contributed by atoms with E-state index in [2.05, 4.69) is 25.9 Å². The smallest absolute Gasteiger partial charge is 0.290 e. The van der Waals surface area contributed by atoms with Crippen molar-refractivity contribution in [1.82, 2.24) is 9.80 Å². The summed E-state index contributed by atoms with van der Waals surface area (Å²) in [5.74, 6) is 0.827. The number of hydrogen-bond donors (Lipinski definition) is 0. The molecular formula is C18H24N2O3. The molecule has 1 aliphatic rings. The fourth-order valence-electron chi connectivity index (χ4n) is 3.49. The molecule has 0 bridgehead atoms. The van der Waals surface area contributed by atoms with E-state index in [1.165, 1.54) is 0 Å². The monoisotopic (exact) mass is 316 g/mol. The molecule has 1 fully saturated rings. The highest BCUT2D eigenvalue weighted by Gasteiger charge is 2.36. The number of carbonyl (C=O) groups is 1. The first kappa shape index (κ1) is 16.0. The van der Waals surface area contributed by atoms with Gasteiger partial charge in [-0.2, -0.15) is 0 Å². The van der Waals surface area contributed by atoms with Gasteiger partial charge in [0.25, 0.3) is 5.91 Å². The molecule has 2 atom stereocenters. The van der Waals surface area contributed by atoms with E-state index < -0.39 is 0 Å². The number of likely N-dealkylation sites (N-methyl/N-ethyl adjacent to an activating group) is 1. The number of furan rings is 1. The maximum atomic E-state index is 13.0. The van der Waals surface area contributed by atoms with Crippen LogP contribution in [0.4, 0.5) is 0 Å². The van der Waals surface area contributed by atoms with Crippen LogP contribution in [0.1, 0.15) is 23.0 Å². The Morgan fingerprint density at radius 2 is 2.09 bits per heavy atom. The number of amides is 1. The van der Waals surface area contributed by atoms with Gasteiger partial charge in [-0.3, -0.25) is 4.79 Å². The first-order valence-corrected chi connectivity index (χ1v) is 7.98. The Balaban J connectivity index is 1.94. The fourth-order valence-corrected chi connectivity index (χ4v) is 3.49. The van der Waals surface area contributed by atoms with E-state index in [1.54, 1.807) is 7.11 Å². The van der Waals surface area contributed by atoms with Crippen molar-refractivity contribution < 1.29 is 13.9 Å². The molecular weight excluding hydrogens is 292 g/mol. The van der Waals surface area contributed by atoms with Crippen LogP contribution in [0.3, 0.4) is 0 Å². The van der Waals surface area contributed by atoms with E-state index in [1.807, 2.05) is 29.2 Å². The van der Waals surface area contributed by atoms with E-state index in [4.69, 9.17) is 9.15 Å². The first-order valence-electron chi connectivity index (χ1n) is 7.98. The standard InChI is InChI=1S/C18H24N2O3/c1-12-9-20(10-15(12)19(2)3)18(21)17-14(11-22-4)13-7-5-6-8-16(13)23-17/h5-8,12,15H,9-11H2,1-4H3. The molecule has 0 radical (unpaired) electrons. The predicted molar refractivity (Wildman–Crippen MR) is 89.5 cm³/mol. The van der Waals surface area contributed by atoms with Crippen LogP contribution in [-0.4, -0.2) is 56.0 Å². The zero-order valence-electron chi connectivity index (χ0n) is 14.2. The molecule has 5 heteroatoms. The molecule has 2 aromatic rings. The summed E-state index contributed by atoms with van der Waals surface area (Å²) in [6, 6.07) is 8.11. The van der Waals surface area contributed by atoms with Crippen molar-refractivity contribution in [3.63, 3.8) is 0 Å². The van der Waals surface area contributed by atoms with Crippen molar-refractivity contribution in [2.75, 3.05) is 34.3 Å². The van der Waals surface area contributed by atoms with Crippen LogP contribution < -0.4 is 0 Å². The van der Waals surface area contributed by atoms with Gasteiger partial charge in [0.15, 0.2) is 5.76 Å². The largest absolute Gasteiger partial charge is 0.451 e. The average Bonchev–Trinajstić information content (AvgIpc) is 3.09. The number of benzene rings is 1. The number of methoxy groups -OCH3 is 1. The van der Waals surface area contributed by atoms with Crippen molar-refractivity contribution in [2.24, 2.45) is 5.92 Å². The molecule has 0 saturated carbocycles. The molecule has 2 unspecified atom stereocenters. The minimum atomic E-state index is -0.0375. The molecule has 1 aromatic heterocycles. The second-order valence-corrected chi connectivity index (χ2v) is 6.56. The van der Waals surface area contributed by atoms with E-state index in [0.717, 1.165) is 29.6 Å². The van der Waals surface area contributed by atoms with Gasteiger partial charge >= 0.3 is 0 Å². The molecule has 0 spiro atoms. The maximum Gasteiger partial charge on any atom is 0.290 e. The minimum absolute atomic E-state index is 0.0375. The second-order valence-electron chi connectivity index (χ2n) is 6.56. The fraction of sp³-hybridized carbons (Fsp3) is 0.500. The Bertz CT molecular complexity index is 707. The van der Waals surface area contributed by atoms with Crippen molar-refractivity contribution in [3.8, 4) is 0 Å². The normalized spacial score (nSPS) is 21.5. The molecule has 0 aliphatic carbocycles. The Hall–Kier alpha value is -1.85. The van der Waals surface area contributed by atoms with Gasteiger partial charge < -0.3 is 19.0 Å². The maximum absolute atomic E-state index is 13.0. The summed E-state index contributed by atoms with van der Waals surface area (Å²) in [7, 11) is 5.76. The number of para-hydroxylation sites is 1. The molecule has 1 saturated heterocycles. The van der Waals surface area contributed by atoms with E-state index in [-0.39, 0.29) is 5.91 Å². The lowest BCUT2D eigenvalue weighted by atomic mass is 10.1. The predicted octanol–water partition coefficient (Wildman–Crippen LogP) is 2.60. The number of rotatable bonds is 4. The van der Waals surface area contributed by atoms with Crippen LogP contribution in [-0.2, 0) is 11.3 Å². The summed E-state index contributed by atoms with van der Waals surface area (Å²) >= 11 is 0. The summed E-state index contributed by atoms with van der Waals surface area (Å²) in [6.07, 6.45) is 0. The van der Waals surface area contributed by atoms with E-state index >= 15 is 0 Å². The molecule has 23 heavy (non-hydrogen) atoms. The summed E-state index contributed by atoms with van der Waals surface area (Å²) in [4.78, 5) is 17.1. The Morgan fingerprint density at radius 1 is 1.35 bits per heavy atom. The van der Waals surface area contributed by atoms with Gasteiger partial charge in [0.05, 0.1) is 6.61 Å². The lowest BCUT2D eigenvalue weighted by Gasteiger charge is -2.22. The van der Waals surface area contributed by atoms with Crippen LogP contribution >= 0.6 is 0 Å². The van der Waals surface area contributed by atoms with Gasteiger partial charge in [-0.25, -0.2) is 0 Å². The summed E-state index contributed by atoms with van der Waals surface area (Å²) in [5.41, 5.74) is 1.58. The molecule has 0 N–H and O–H groups in total. The van der Waals surface area contributed by atoms with Gasteiger partial charge in [-0.15, -0.1) is 0 Å². The van der Waals surface area contributed by atoms with Gasteiger partial charge in [-0.1, -0.05) is 25.1 Å². The zero-order chi connectivity index (χ0) is 16.6. The van der Waals surface area contributed by atoms with Gasteiger partial charge in [0, 0.05) is 37.2 Å². The number of fused-ring (bicyclic) bond motifs is 1. The lowest BCUT2D eigenvalue weighted by molar-refractivity contribution is 0.0745. The molecule has 3 rings (SSSR count). The molecule has 2 heterocycles. The highest BCUT2D eigenvalue weighted by Crippen LogP contribution is 2.29. The number of ether oxygens (including phenoxy) is 1. The third kappa shape index (κ3) is 2.86. The van der Waals surface area contributed by atoms with Gasteiger partial charge in [0.1, 0.15) is 5.58 Å². The Labute approximate surface area is 136 Å². The van der Waals surface area contributed by atoms with Gasteiger partial charge in [0.2, 0.25) is 0 Å². The summed E-state index contributed by atoms with van der Waals surface area (Å²) in [6.45, 7) is 4.05. The van der Waals surface area contributed by atoms with Gasteiger partial charge in [-0.05, 0) is 26.1 Å². The van der Waals surface area contributed by atoms with Crippen LogP contribution in [0.2, 0.25) is 0 Å². The highest BCUT2D eigenvalue weighted by molar-refractivity contribution is 5.99. The number of likely N-dealkylation sites (tertiary alicyclic amines) is 1. The lowest BCUT2D eigenvalue weighted by Crippen LogP contribution is -2.35. The van der Waals surface area contributed by atoms with Crippen molar-refractivity contribution in [1.29, 1.82) is 0 Å². The minimum Gasteiger partial charge on any atom is -0.451 e. The Kier molecular flexibility index (Phi) is 4.41. The number of hydrogen-bond acceptors (Lipinski definition) is 4. The molecule has 1 aromatic carbocycles. The number of carbonyl (C=O) groups excluding carboxylic acids is 1. The quantitative estimate of drug-likeness (QED) is 0.870. The number of nitrogens with zero attached hydrogens (tertiary/aromatic N) is 2. The third-order valence-electron chi connectivity index (χ3n) is 4.70. The second kappa shape index (κ2) is 6.34. The molecule has 124 valence electrons. The van der Waals surface area contributed by atoms with Crippen LogP contribution in [0.15, 0.2) is 28.7 Å². The topological polar surface area (TPSA) is 45.9 Å². The molecule has 5 nitrogen and oxygen atoms in total. The average molecular weight is 316 g/mol. The summed E-state index contributed by atoms with van der Waals surface area (Å²) < 4.78 is 11.2. The van der Waals surface area contributed by atoms with Crippen LogP contribution in [0.25, 0.3) is 11.0 Å². The van der Waals surface area contributed by atoms with Crippen LogP contribution in [0, 0.1) is 5.92 Å². The van der Waals surface area contributed by atoms with E-state index in [9.17, 15) is 4.79 Å². The van der Waals surface area contributed by atoms with Crippen molar-refractivity contribution in [2.45, 2.75) is 19.6 Å². The molecule has 1 aliphatic heterocycles. The third-order valence-corrected chi connectivity index (χ3v) is 4.70. The summed E-state index contributed by atoms with van der Waals surface area (Å²) in [5, 5.41) is 0.953. The first-order chi connectivity index (χ1) is 11.0.